The van der Waals surface area contributed by atoms with E-state index in [4.69, 9.17) is 0 Å². The van der Waals surface area contributed by atoms with E-state index in [1.54, 1.807) is 17.4 Å². The minimum atomic E-state index is -0.496. The van der Waals surface area contributed by atoms with Crippen LogP contribution in [0.4, 0.5) is 0 Å². The molecule has 0 aromatic carbocycles. The fourth-order valence-electron chi connectivity index (χ4n) is 1.73. The molecule has 0 fully saturated rings. The molecule has 6 heteroatoms. The Morgan fingerprint density at radius 2 is 2.47 bits per heavy atom. The first-order chi connectivity index (χ1) is 9.20. The molecule has 3 N–H and O–H groups in total. The minimum absolute atomic E-state index is 0.258. The molecule has 19 heavy (non-hydrogen) atoms. The number of hydrogen-bond acceptors (Lipinski definition) is 4. The van der Waals surface area contributed by atoms with Crippen LogP contribution in [0.25, 0.3) is 10.6 Å². The SMILES string of the molecule is CCCC(O)CNC(=O)c1cc(-c2cccs2)[nH]n1. The van der Waals surface area contributed by atoms with E-state index in [0.717, 1.165) is 17.0 Å². The van der Waals surface area contributed by atoms with E-state index in [1.807, 2.05) is 24.4 Å². The smallest absolute Gasteiger partial charge is 0.271 e. The van der Waals surface area contributed by atoms with Crippen LogP contribution in [0.5, 0.6) is 0 Å². The van der Waals surface area contributed by atoms with Gasteiger partial charge in [0.25, 0.3) is 5.91 Å². The number of H-pyrrole nitrogens is 1. The van der Waals surface area contributed by atoms with Gasteiger partial charge in [-0.15, -0.1) is 11.3 Å². The number of thiophene rings is 1. The first kappa shape index (κ1) is 13.8. The van der Waals surface area contributed by atoms with Crippen LogP contribution in [0.15, 0.2) is 23.6 Å². The van der Waals surface area contributed by atoms with Gasteiger partial charge in [-0.3, -0.25) is 9.89 Å². The fraction of sp³-hybridized carbons (Fsp3) is 0.385. The molecule has 0 saturated carbocycles. The van der Waals surface area contributed by atoms with Crippen molar-refractivity contribution in [3.63, 3.8) is 0 Å². The van der Waals surface area contributed by atoms with Gasteiger partial charge in [0.15, 0.2) is 5.69 Å². The Kier molecular flexibility index (Phi) is 4.70. The van der Waals surface area contributed by atoms with E-state index in [0.29, 0.717) is 12.1 Å². The van der Waals surface area contributed by atoms with Crippen LogP contribution in [0.1, 0.15) is 30.3 Å². The first-order valence-electron chi connectivity index (χ1n) is 6.26. The van der Waals surface area contributed by atoms with E-state index in [9.17, 15) is 9.90 Å². The quantitative estimate of drug-likeness (QED) is 0.757. The van der Waals surface area contributed by atoms with Gasteiger partial charge < -0.3 is 10.4 Å². The van der Waals surface area contributed by atoms with E-state index in [2.05, 4.69) is 15.5 Å². The van der Waals surface area contributed by atoms with E-state index < -0.39 is 6.10 Å². The summed E-state index contributed by atoms with van der Waals surface area (Å²) in [7, 11) is 0. The minimum Gasteiger partial charge on any atom is -0.391 e. The summed E-state index contributed by atoms with van der Waals surface area (Å²) in [6, 6.07) is 5.62. The lowest BCUT2D eigenvalue weighted by Gasteiger charge is -2.09. The Labute approximate surface area is 115 Å². The number of rotatable bonds is 6. The second-order valence-electron chi connectivity index (χ2n) is 4.30. The summed E-state index contributed by atoms with van der Waals surface area (Å²) in [4.78, 5) is 12.9. The highest BCUT2D eigenvalue weighted by atomic mass is 32.1. The maximum atomic E-state index is 11.8. The Balaban J connectivity index is 1.93. The van der Waals surface area contributed by atoms with Gasteiger partial charge in [0.1, 0.15) is 0 Å². The van der Waals surface area contributed by atoms with Crippen molar-refractivity contribution >= 4 is 17.2 Å². The molecule has 0 spiro atoms. The van der Waals surface area contributed by atoms with Crippen molar-refractivity contribution in [3.05, 3.63) is 29.3 Å². The van der Waals surface area contributed by atoms with Gasteiger partial charge in [0.05, 0.1) is 16.7 Å². The Morgan fingerprint density at radius 3 is 3.16 bits per heavy atom. The Bertz CT molecular complexity index is 522. The summed E-state index contributed by atoms with van der Waals surface area (Å²) < 4.78 is 0. The zero-order chi connectivity index (χ0) is 13.7. The number of aromatic amines is 1. The average molecular weight is 279 g/mol. The van der Waals surface area contributed by atoms with Gasteiger partial charge >= 0.3 is 0 Å². The third kappa shape index (κ3) is 3.65. The van der Waals surface area contributed by atoms with Crippen molar-refractivity contribution in [2.75, 3.05) is 6.54 Å². The first-order valence-corrected chi connectivity index (χ1v) is 7.14. The predicted molar refractivity (Wildman–Crippen MR) is 75.1 cm³/mol. The van der Waals surface area contributed by atoms with Crippen molar-refractivity contribution in [1.82, 2.24) is 15.5 Å². The lowest BCUT2D eigenvalue weighted by Crippen LogP contribution is -2.32. The molecule has 102 valence electrons. The topological polar surface area (TPSA) is 78.0 Å². The van der Waals surface area contributed by atoms with Gasteiger partial charge in [-0.2, -0.15) is 5.10 Å². The predicted octanol–water partition coefficient (Wildman–Crippen LogP) is 2.03. The summed E-state index contributed by atoms with van der Waals surface area (Å²) in [6.07, 6.45) is 1.08. The summed E-state index contributed by atoms with van der Waals surface area (Å²) in [5.74, 6) is -0.269. The van der Waals surface area contributed by atoms with Gasteiger partial charge in [-0.25, -0.2) is 0 Å². The van der Waals surface area contributed by atoms with E-state index in [1.165, 1.54) is 0 Å². The third-order valence-electron chi connectivity index (χ3n) is 2.72. The second kappa shape index (κ2) is 6.49. The molecule has 0 aliphatic rings. The monoisotopic (exact) mass is 279 g/mol. The zero-order valence-electron chi connectivity index (χ0n) is 10.7. The van der Waals surface area contributed by atoms with Crippen molar-refractivity contribution in [2.24, 2.45) is 0 Å². The van der Waals surface area contributed by atoms with Crippen molar-refractivity contribution < 1.29 is 9.90 Å². The number of amides is 1. The molecular weight excluding hydrogens is 262 g/mol. The summed E-state index contributed by atoms with van der Waals surface area (Å²) in [5.41, 5.74) is 1.17. The van der Waals surface area contributed by atoms with Gasteiger partial charge in [-0.1, -0.05) is 19.4 Å². The molecule has 0 radical (unpaired) electrons. The van der Waals surface area contributed by atoms with Gasteiger partial charge in [-0.05, 0) is 23.9 Å². The number of nitrogens with zero attached hydrogens (tertiary/aromatic N) is 1. The van der Waals surface area contributed by atoms with Crippen LogP contribution in [0.3, 0.4) is 0 Å². The molecule has 5 nitrogen and oxygen atoms in total. The second-order valence-corrected chi connectivity index (χ2v) is 5.24. The Hall–Kier alpha value is -1.66. The van der Waals surface area contributed by atoms with Crippen LogP contribution in [0, 0.1) is 0 Å². The molecule has 1 atom stereocenters. The van der Waals surface area contributed by atoms with Crippen LogP contribution in [-0.2, 0) is 0 Å². The highest BCUT2D eigenvalue weighted by Crippen LogP contribution is 2.22. The highest BCUT2D eigenvalue weighted by molar-refractivity contribution is 7.13. The van der Waals surface area contributed by atoms with Crippen LogP contribution in [0.2, 0.25) is 0 Å². The van der Waals surface area contributed by atoms with Gasteiger partial charge in [0.2, 0.25) is 0 Å². The van der Waals surface area contributed by atoms with Crippen molar-refractivity contribution in [2.45, 2.75) is 25.9 Å². The number of carbonyl (C=O) groups excluding carboxylic acids is 1. The number of carbonyl (C=O) groups is 1. The summed E-state index contributed by atoms with van der Waals surface area (Å²) in [5, 5.41) is 21.0. The molecule has 2 aromatic rings. The van der Waals surface area contributed by atoms with E-state index >= 15 is 0 Å². The molecule has 2 heterocycles. The molecule has 0 aliphatic heterocycles. The third-order valence-corrected chi connectivity index (χ3v) is 3.62. The zero-order valence-corrected chi connectivity index (χ0v) is 11.5. The number of aliphatic hydroxyl groups is 1. The Morgan fingerprint density at radius 1 is 1.63 bits per heavy atom. The van der Waals surface area contributed by atoms with Crippen LogP contribution < -0.4 is 5.32 Å². The largest absolute Gasteiger partial charge is 0.391 e. The maximum Gasteiger partial charge on any atom is 0.271 e. The maximum absolute atomic E-state index is 11.8. The van der Waals surface area contributed by atoms with Crippen LogP contribution in [-0.4, -0.2) is 33.9 Å². The van der Waals surface area contributed by atoms with Crippen LogP contribution >= 0.6 is 11.3 Å². The summed E-state index contributed by atoms with van der Waals surface area (Å²) >= 11 is 1.58. The van der Waals surface area contributed by atoms with E-state index in [-0.39, 0.29) is 12.5 Å². The molecule has 0 saturated heterocycles. The molecule has 2 aromatic heterocycles. The molecule has 0 aliphatic carbocycles. The molecule has 0 bridgehead atoms. The lowest BCUT2D eigenvalue weighted by atomic mass is 10.2. The lowest BCUT2D eigenvalue weighted by molar-refractivity contribution is 0.0905. The number of hydrogen-bond donors (Lipinski definition) is 3. The van der Waals surface area contributed by atoms with Gasteiger partial charge in [0, 0.05) is 6.54 Å². The molecular formula is C13H17N3O2S. The highest BCUT2D eigenvalue weighted by Gasteiger charge is 2.13. The van der Waals surface area contributed by atoms with Crippen molar-refractivity contribution in [3.8, 4) is 10.6 Å². The number of aliphatic hydroxyl groups excluding tert-OH is 1. The normalized spacial score (nSPS) is 12.3. The fourth-order valence-corrected chi connectivity index (χ4v) is 2.42. The molecule has 1 unspecified atom stereocenters. The van der Waals surface area contributed by atoms with Crippen molar-refractivity contribution in [1.29, 1.82) is 0 Å². The number of nitrogens with one attached hydrogen (secondary N) is 2. The molecule has 2 rings (SSSR count). The number of aromatic nitrogens is 2. The molecule has 1 amide bonds. The average Bonchev–Trinajstić information content (AvgIpc) is 3.06. The summed E-state index contributed by atoms with van der Waals surface area (Å²) in [6.45, 7) is 2.25. The standard InChI is InChI=1S/C13H17N3O2S/c1-2-4-9(17)8-14-13(18)11-7-10(15-16-11)12-5-3-6-19-12/h3,5-7,9,17H,2,4,8H2,1H3,(H,14,18)(H,15,16).